The molecule has 0 saturated carbocycles. The van der Waals surface area contributed by atoms with E-state index in [1.54, 1.807) is 7.11 Å². The lowest BCUT2D eigenvalue weighted by Gasteiger charge is -2.25. The second-order valence-electron chi connectivity index (χ2n) is 7.10. The molecule has 5 heteroatoms. The van der Waals surface area contributed by atoms with Crippen LogP contribution in [0.25, 0.3) is 11.3 Å². The van der Waals surface area contributed by atoms with Gasteiger partial charge in [-0.05, 0) is 68.8 Å². The van der Waals surface area contributed by atoms with Gasteiger partial charge in [0.1, 0.15) is 11.4 Å². The topological polar surface area (TPSA) is 59.1 Å². The van der Waals surface area contributed by atoms with Gasteiger partial charge in [-0.1, -0.05) is 6.07 Å². The molecule has 0 amide bonds. The number of fused-ring (bicyclic) bond motifs is 1. The van der Waals surface area contributed by atoms with Crippen LogP contribution in [0.5, 0.6) is 5.75 Å². The molecule has 4 rings (SSSR count). The van der Waals surface area contributed by atoms with Crippen molar-refractivity contribution >= 4 is 5.82 Å². The normalized spacial score (nSPS) is 19.5. The smallest absolute Gasteiger partial charge is 0.152 e. The van der Waals surface area contributed by atoms with Crippen molar-refractivity contribution in [2.45, 2.75) is 45.1 Å². The van der Waals surface area contributed by atoms with Crippen molar-refractivity contribution in [3.8, 4) is 17.0 Å². The van der Waals surface area contributed by atoms with Crippen molar-refractivity contribution in [3.05, 3.63) is 34.9 Å². The van der Waals surface area contributed by atoms with E-state index < -0.39 is 0 Å². The molecule has 0 radical (unpaired) electrons. The molecule has 2 heterocycles. The zero-order valence-electron chi connectivity index (χ0n) is 15.1. The van der Waals surface area contributed by atoms with Crippen LogP contribution in [0.3, 0.4) is 0 Å². The SMILES string of the molecule is COc1cc(C)ccc1-c1nnc(N[C@@H]2CCCNC2)c2c1CCC2. The van der Waals surface area contributed by atoms with E-state index in [0.717, 1.165) is 48.8 Å². The van der Waals surface area contributed by atoms with Crippen LogP contribution >= 0.6 is 0 Å². The van der Waals surface area contributed by atoms with Crippen molar-refractivity contribution in [2.24, 2.45) is 0 Å². The van der Waals surface area contributed by atoms with Crippen LogP contribution in [0.1, 0.15) is 36.0 Å². The van der Waals surface area contributed by atoms with Crippen LogP contribution < -0.4 is 15.4 Å². The van der Waals surface area contributed by atoms with E-state index in [4.69, 9.17) is 4.74 Å². The number of methoxy groups -OCH3 is 1. The molecule has 1 atom stereocenters. The predicted octanol–water partition coefficient (Wildman–Crippen LogP) is 3.11. The summed E-state index contributed by atoms with van der Waals surface area (Å²) in [4.78, 5) is 0. The number of piperidine rings is 1. The van der Waals surface area contributed by atoms with Crippen LogP contribution in [0.15, 0.2) is 18.2 Å². The molecule has 1 aromatic heterocycles. The average molecular weight is 338 g/mol. The Balaban J connectivity index is 1.70. The molecule has 132 valence electrons. The van der Waals surface area contributed by atoms with E-state index in [-0.39, 0.29) is 0 Å². The molecule has 1 aliphatic heterocycles. The van der Waals surface area contributed by atoms with Gasteiger partial charge in [0.25, 0.3) is 0 Å². The fourth-order valence-corrected chi connectivity index (χ4v) is 3.98. The highest BCUT2D eigenvalue weighted by Crippen LogP contribution is 2.38. The number of ether oxygens (including phenoxy) is 1. The molecular formula is C20H26N4O. The highest BCUT2D eigenvalue weighted by Gasteiger charge is 2.25. The van der Waals surface area contributed by atoms with Gasteiger partial charge in [-0.15, -0.1) is 10.2 Å². The second kappa shape index (κ2) is 7.00. The molecule has 25 heavy (non-hydrogen) atoms. The Labute approximate surface area is 149 Å². The molecule has 2 aliphatic rings. The second-order valence-corrected chi connectivity index (χ2v) is 7.10. The zero-order valence-corrected chi connectivity index (χ0v) is 15.1. The quantitative estimate of drug-likeness (QED) is 0.897. The summed E-state index contributed by atoms with van der Waals surface area (Å²) in [6.07, 6.45) is 5.72. The van der Waals surface area contributed by atoms with Crippen molar-refractivity contribution in [2.75, 3.05) is 25.5 Å². The number of anilines is 1. The summed E-state index contributed by atoms with van der Waals surface area (Å²) in [7, 11) is 1.72. The van der Waals surface area contributed by atoms with Crippen LogP contribution in [0, 0.1) is 6.92 Å². The van der Waals surface area contributed by atoms with Crippen molar-refractivity contribution in [3.63, 3.8) is 0 Å². The first-order chi connectivity index (χ1) is 12.3. The molecule has 1 fully saturated rings. The lowest BCUT2D eigenvalue weighted by molar-refractivity contribution is 0.416. The minimum Gasteiger partial charge on any atom is -0.496 e. The highest BCUT2D eigenvalue weighted by molar-refractivity contribution is 5.73. The van der Waals surface area contributed by atoms with E-state index in [0.29, 0.717) is 6.04 Å². The first-order valence-corrected chi connectivity index (χ1v) is 9.27. The Kier molecular flexibility index (Phi) is 4.57. The monoisotopic (exact) mass is 338 g/mol. The number of nitrogens with one attached hydrogen (secondary N) is 2. The number of rotatable bonds is 4. The third-order valence-electron chi connectivity index (χ3n) is 5.29. The fraction of sp³-hybridized carbons (Fsp3) is 0.500. The van der Waals surface area contributed by atoms with E-state index in [9.17, 15) is 0 Å². The molecule has 1 aromatic carbocycles. The number of hydrogen-bond donors (Lipinski definition) is 2. The standard InChI is InChI=1S/C20H26N4O/c1-13-8-9-17(18(11-13)25-2)19-15-6-3-7-16(15)20(24-23-19)22-14-5-4-10-21-12-14/h8-9,11,14,21H,3-7,10,12H2,1-2H3,(H,22,24)/t14-/m1/s1. The van der Waals surface area contributed by atoms with Crippen LogP contribution in [-0.2, 0) is 12.8 Å². The maximum absolute atomic E-state index is 5.60. The molecular weight excluding hydrogens is 312 g/mol. The number of hydrogen-bond acceptors (Lipinski definition) is 5. The Bertz CT molecular complexity index is 769. The highest BCUT2D eigenvalue weighted by atomic mass is 16.5. The van der Waals surface area contributed by atoms with Gasteiger partial charge in [0.05, 0.1) is 7.11 Å². The Hall–Kier alpha value is -2.14. The summed E-state index contributed by atoms with van der Waals surface area (Å²) in [5, 5.41) is 16.3. The number of aryl methyl sites for hydroxylation is 1. The minimum absolute atomic E-state index is 0.451. The van der Waals surface area contributed by atoms with E-state index in [1.165, 1.54) is 36.0 Å². The summed E-state index contributed by atoms with van der Waals surface area (Å²) < 4.78 is 5.60. The summed E-state index contributed by atoms with van der Waals surface area (Å²) in [5.74, 6) is 1.86. The largest absolute Gasteiger partial charge is 0.496 e. The predicted molar refractivity (Wildman–Crippen MR) is 100 cm³/mol. The summed E-state index contributed by atoms with van der Waals surface area (Å²) in [5.41, 5.74) is 5.90. The molecule has 0 unspecified atom stereocenters. The molecule has 1 saturated heterocycles. The first kappa shape index (κ1) is 16.3. The maximum Gasteiger partial charge on any atom is 0.152 e. The van der Waals surface area contributed by atoms with Crippen LogP contribution in [-0.4, -0.2) is 36.4 Å². The number of nitrogens with zero attached hydrogens (tertiary/aromatic N) is 2. The fourth-order valence-electron chi connectivity index (χ4n) is 3.98. The van der Waals surface area contributed by atoms with Gasteiger partial charge < -0.3 is 15.4 Å². The average Bonchev–Trinajstić information content (AvgIpc) is 3.13. The summed E-state index contributed by atoms with van der Waals surface area (Å²) in [6, 6.07) is 6.74. The third kappa shape index (κ3) is 3.21. The maximum atomic E-state index is 5.60. The van der Waals surface area contributed by atoms with Gasteiger partial charge >= 0.3 is 0 Å². The van der Waals surface area contributed by atoms with Gasteiger partial charge in [0.2, 0.25) is 0 Å². The van der Waals surface area contributed by atoms with Crippen molar-refractivity contribution < 1.29 is 4.74 Å². The zero-order chi connectivity index (χ0) is 17.2. The molecule has 2 aromatic rings. The van der Waals surface area contributed by atoms with Crippen molar-refractivity contribution in [1.29, 1.82) is 0 Å². The van der Waals surface area contributed by atoms with E-state index in [1.807, 2.05) is 0 Å². The number of aromatic nitrogens is 2. The van der Waals surface area contributed by atoms with Gasteiger partial charge in [0.15, 0.2) is 5.82 Å². The lowest BCUT2D eigenvalue weighted by Crippen LogP contribution is -2.38. The summed E-state index contributed by atoms with van der Waals surface area (Å²) in [6.45, 7) is 4.20. The van der Waals surface area contributed by atoms with Gasteiger partial charge in [-0.3, -0.25) is 0 Å². The molecule has 1 aliphatic carbocycles. The van der Waals surface area contributed by atoms with Crippen molar-refractivity contribution in [1.82, 2.24) is 15.5 Å². The Morgan fingerprint density at radius 1 is 1.16 bits per heavy atom. The number of benzene rings is 1. The van der Waals surface area contributed by atoms with Gasteiger partial charge in [-0.2, -0.15) is 0 Å². The van der Waals surface area contributed by atoms with Crippen LogP contribution in [0.2, 0.25) is 0 Å². The van der Waals surface area contributed by atoms with Crippen LogP contribution in [0.4, 0.5) is 5.82 Å². The lowest BCUT2D eigenvalue weighted by atomic mass is 10.0. The van der Waals surface area contributed by atoms with Gasteiger partial charge in [-0.25, -0.2) is 0 Å². The van der Waals surface area contributed by atoms with Gasteiger partial charge in [0, 0.05) is 23.7 Å². The Morgan fingerprint density at radius 2 is 2.04 bits per heavy atom. The first-order valence-electron chi connectivity index (χ1n) is 9.27. The molecule has 0 bridgehead atoms. The molecule has 2 N–H and O–H groups in total. The third-order valence-corrected chi connectivity index (χ3v) is 5.29. The summed E-state index contributed by atoms with van der Waals surface area (Å²) >= 11 is 0. The van der Waals surface area contributed by atoms with E-state index >= 15 is 0 Å². The Morgan fingerprint density at radius 3 is 2.84 bits per heavy atom. The molecule has 5 nitrogen and oxygen atoms in total. The molecule has 0 spiro atoms. The minimum atomic E-state index is 0.451. The van der Waals surface area contributed by atoms with E-state index in [2.05, 4.69) is 46.0 Å².